The molecule has 0 radical (unpaired) electrons. The van der Waals surface area contributed by atoms with E-state index in [1.807, 2.05) is 0 Å². The maximum atomic E-state index is 5.76. The van der Waals surface area contributed by atoms with Gasteiger partial charge in [0.1, 0.15) is 0 Å². The van der Waals surface area contributed by atoms with Crippen molar-refractivity contribution in [3.05, 3.63) is 35.4 Å². The molecule has 1 aliphatic rings. The van der Waals surface area contributed by atoms with E-state index in [2.05, 4.69) is 41.0 Å². The molecule has 0 aromatic heterocycles. The number of alkyl halides is 1. The molecule has 2 rings (SSSR count). The minimum Gasteiger partial charge on any atom is -0.300 e. The van der Waals surface area contributed by atoms with Gasteiger partial charge in [-0.15, -0.1) is 11.6 Å². The summed E-state index contributed by atoms with van der Waals surface area (Å²) in [6.07, 6.45) is 0. The number of piperazine rings is 1. The summed E-state index contributed by atoms with van der Waals surface area (Å²) >= 11 is 5.76. The molecule has 0 unspecified atom stereocenters. The first-order valence-corrected chi connectivity index (χ1v) is 6.87. The second-order valence-corrected chi connectivity index (χ2v) is 5.17. The van der Waals surface area contributed by atoms with Gasteiger partial charge >= 0.3 is 0 Å². The van der Waals surface area contributed by atoms with E-state index in [1.54, 1.807) is 0 Å². The normalized spacial score (nSPS) is 18.5. The molecular formula is C14H21ClN2. The first-order valence-electron chi connectivity index (χ1n) is 6.34. The van der Waals surface area contributed by atoms with Crippen molar-refractivity contribution in [2.45, 2.75) is 13.5 Å². The third-order valence-corrected chi connectivity index (χ3v) is 3.52. The number of hydrogen-bond acceptors (Lipinski definition) is 2. The monoisotopic (exact) mass is 252 g/mol. The van der Waals surface area contributed by atoms with E-state index in [1.165, 1.54) is 11.1 Å². The van der Waals surface area contributed by atoms with Crippen molar-refractivity contribution >= 4 is 11.6 Å². The molecule has 1 aromatic rings. The highest BCUT2D eigenvalue weighted by atomic mass is 35.5. The summed E-state index contributed by atoms with van der Waals surface area (Å²) in [6, 6.07) is 8.81. The molecule has 0 aliphatic carbocycles. The number of rotatable bonds is 4. The van der Waals surface area contributed by atoms with Crippen LogP contribution in [0.15, 0.2) is 24.3 Å². The van der Waals surface area contributed by atoms with E-state index < -0.39 is 0 Å². The molecule has 1 fully saturated rings. The van der Waals surface area contributed by atoms with E-state index in [0.29, 0.717) is 0 Å². The first-order chi connectivity index (χ1) is 8.28. The zero-order valence-corrected chi connectivity index (χ0v) is 11.3. The third kappa shape index (κ3) is 3.98. The van der Waals surface area contributed by atoms with Crippen molar-refractivity contribution in [1.82, 2.24) is 9.80 Å². The lowest BCUT2D eigenvalue weighted by Gasteiger charge is -2.34. The average molecular weight is 253 g/mol. The van der Waals surface area contributed by atoms with Crippen LogP contribution in [0.5, 0.6) is 0 Å². The van der Waals surface area contributed by atoms with Crippen molar-refractivity contribution < 1.29 is 0 Å². The van der Waals surface area contributed by atoms with Crippen molar-refractivity contribution in [3.63, 3.8) is 0 Å². The van der Waals surface area contributed by atoms with Gasteiger partial charge in [-0.05, 0) is 12.5 Å². The van der Waals surface area contributed by atoms with Gasteiger partial charge in [0.15, 0.2) is 0 Å². The Morgan fingerprint density at radius 2 is 1.82 bits per heavy atom. The van der Waals surface area contributed by atoms with Crippen LogP contribution in [0.3, 0.4) is 0 Å². The summed E-state index contributed by atoms with van der Waals surface area (Å²) in [7, 11) is 0. The quantitative estimate of drug-likeness (QED) is 0.759. The van der Waals surface area contributed by atoms with E-state index in [-0.39, 0.29) is 0 Å². The van der Waals surface area contributed by atoms with E-state index >= 15 is 0 Å². The molecule has 0 bridgehead atoms. The summed E-state index contributed by atoms with van der Waals surface area (Å²) in [5.41, 5.74) is 2.78. The summed E-state index contributed by atoms with van der Waals surface area (Å²) in [5.74, 6) is 0.748. The zero-order valence-electron chi connectivity index (χ0n) is 10.5. The SMILES string of the molecule is Cc1cccc(CN2CCN(CCCl)CC2)c1. The predicted octanol–water partition coefficient (Wildman–Crippen LogP) is 2.35. The summed E-state index contributed by atoms with van der Waals surface area (Å²) < 4.78 is 0. The van der Waals surface area contributed by atoms with Gasteiger partial charge in [0.25, 0.3) is 0 Å². The first kappa shape index (κ1) is 12.9. The molecule has 94 valence electrons. The van der Waals surface area contributed by atoms with Crippen LogP contribution in [0.25, 0.3) is 0 Å². The standard InChI is InChI=1S/C14H21ClN2/c1-13-3-2-4-14(11-13)12-17-9-7-16(6-5-15)8-10-17/h2-4,11H,5-10,12H2,1H3. The molecule has 0 amide bonds. The highest BCUT2D eigenvalue weighted by molar-refractivity contribution is 6.18. The summed E-state index contributed by atoms with van der Waals surface area (Å²) in [4.78, 5) is 4.97. The van der Waals surface area contributed by atoms with E-state index in [4.69, 9.17) is 11.6 Å². The van der Waals surface area contributed by atoms with Gasteiger partial charge in [0.05, 0.1) is 0 Å². The fourth-order valence-corrected chi connectivity index (χ4v) is 2.60. The summed E-state index contributed by atoms with van der Waals surface area (Å²) in [6.45, 7) is 8.88. The van der Waals surface area contributed by atoms with Crippen LogP contribution in [-0.4, -0.2) is 48.4 Å². The Bertz CT molecular complexity index is 346. The Hall–Kier alpha value is -0.570. The summed E-state index contributed by atoms with van der Waals surface area (Å²) in [5, 5.41) is 0. The van der Waals surface area contributed by atoms with Crippen LogP contribution < -0.4 is 0 Å². The molecule has 3 heteroatoms. The predicted molar refractivity (Wildman–Crippen MR) is 73.6 cm³/mol. The largest absolute Gasteiger partial charge is 0.300 e. The maximum absolute atomic E-state index is 5.76. The molecule has 2 nitrogen and oxygen atoms in total. The van der Waals surface area contributed by atoms with Crippen molar-refractivity contribution in [2.75, 3.05) is 38.6 Å². The Balaban J connectivity index is 1.82. The van der Waals surface area contributed by atoms with E-state index in [0.717, 1.165) is 45.1 Å². The second kappa shape index (κ2) is 6.39. The molecule has 0 atom stereocenters. The van der Waals surface area contributed by atoms with Crippen molar-refractivity contribution in [1.29, 1.82) is 0 Å². The Morgan fingerprint density at radius 1 is 1.12 bits per heavy atom. The molecule has 1 aliphatic heterocycles. The van der Waals surface area contributed by atoms with Gasteiger partial charge in [0, 0.05) is 45.1 Å². The van der Waals surface area contributed by atoms with Gasteiger partial charge in [0.2, 0.25) is 0 Å². The highest BCUT2D eigenvalue weighted by Gasteiger charge is 2.15. The van der Waals surface area contributed by atoms with Crippen LogP contribution in [-0.2, 0) is 6.54 Å². The number of nitrogens with zero attached hydrogens (tertiary/aromatic N) is 2. The number of benzene rings is 1. The van der Waals surface area contributed by atoms with Crippen molar-refractivity contribution in [3.8, 4) is 0 Å². The number of halogens is 1. The maximum Gasteiger partial charge on any atom is 0.0351 e. The van der Waals surface area contributed by atoms with Crippen LogP contribution in [0.2, 0.25) is 0 Å². The second-order valence-electron chi connectivity index (χ2n) is 4.80. The Labute approximate surface area is 109 Å². The molecular weight excluding hydrogens is 232 g/mol. The molecule has 17 heavy (non-hydrogen) atoms. The highest BCUT2D eigenvalue weighted by Crippen LogP contribution is 2.10. The van der Waals surface area contributed by atoms with Gasteiger partial charge in [-0.3, -0.25) is 9.80 Å². The zero-order chi connectivity index (χ0) is 12.1. The van der Waals surface area contributed by atoms with Crippen LogP contribution in [0.1, 0.15) is 11.1 Å². The topological polar surface area (TPSA) is 6.48 Å². The minimum absolute atomic E-state index is 0.748. The van der Waals surface area contributed by atoms with Gasteiger partial charge in [-0.2, -0.15) is 0 Å². The molecule has 1 heterocycles. The molecule has 0 N–H and O–H groups in total. The Morgan fingerprint density at radius 3 is 2.47 bits per heavy atom. The molecule has 0 spiro atoms. The van der Waals surface area contributed by atoms with Gasteiger partial charge < -0.3 is 0 Å². The van der Waals surface area contributed by atoms with E-state index in [9.17, 15) is 0 Å². The van der Waals surface area contributed by atoms with Gasteiger partial charge in [-0.1, -0.05) is 29.8 Å². The van der Waals surface area contributed by atoms with Crippen molar-refractivity contribution in [2.24, 2.45) is 0 Å². The molecule has 1 saturated heterocycles. The fraction of sp³-hybridized carbons (Fsp3) is 0.571. The lowest BCUT2D eigenvalue weighted by Crippen LogP contribution is -2.46. The van der Waals surface area contributed by atoms with Crippen LogP contribution in [0, 0.1) is 6.92 Å². The number of hydrogen-bond donors (Lipinski definition) is 0. The Kier molecular flexibility index (Phi) is 4.84. The molecule has 1 aromatic carbocycles. The lowest BCUT2D eigenvalue weighted by molar-refractivity contribution is 0.132. The van der Waals surface area contributed by atoms with Crippen LogP contribution in [0.4, 0.5) is 0 Å². The fourth-order valence-electron chi connectivity index (χ4n) is 2.36. The number of aryl methyl sites for hydroxylation is 1. The minimum atomic E-state index is 0.748. The van der Waals surface area contributed by atoms with Crippen LogP contribution >= 0.6 is 11.6 Å². The smallest absolute Gasteiger partial charge is 0.0351 e. The lowest BCUT2D eigenvalue weighted by atomic mass is 10.1. The van der Waals surface area contributed by atoms with Gasteiger partial charge in [-0.25, -0.2) is 0 Å². The average Bonchev–Trinajstić information content (AvgIpc) is 2.32. The third-order valence-electron chi connectivity index (χ3n) is 3.35. The molecule has 0 saturated carbocycles.